The van der Waals surface area contributed by atoms with Crippen LogP contribution in [0.2, 0.25) is 0 Å². The van der Waals surface area contributed by atoms with E-state index < -0.39 is 0 Å². The molecule has 0 spiro atoms. The Morgan fingerprint density at radius 2 is 2.35 bits per heavy atom. The molecular weight excluding hydrogens is 232 g/mol. The minimum Gasteiger partial charge on any atom is -0.333 e. The molecule has 1 N–H and O–H groups in total. The monoisotopic (exact) mass is 250 g/mol. The van der Waals surface area contributed by atoms with Gasteiger partial charge in [-0.05, 0) is 43.7 Å². The first-order valence-electron chi connectivity index (χ1n) is 6.43. The molecule has 3 heterocycles. The quantitative estimate of drug-likeness (QED) is 0.872. The molecule has 1 aromatic rings. The number of hydrogen-bond acceptors (Lipinski definition) is 3. The van der Waals surface area contributed by atoms with Gasteiger partial charge in [-0.1, -0.05) is 6.07 Å². The van der Waals surface area contributed by atoms with Crippen LogP contribution in [0.15, 0.2) is 17.5 Å². The van der Waals surface area contributed by atoms with Crippen molar-refractivity contribution >= 4 is 17.2 Å². The molecule has 1 aromatic heterocycles. The van der Waals surface area contributed by atoms with Crippen molar-refractivity contribution in [3.8, 4) is 0 Å². The van der Waals surface area contributed by atoms with Crippen molar-refractivity contribution in [2.75, 3.05) is 13.1 Å². The van der Waals surface area contributed by atoms with Gasteiger partial charge < -0.3 is 10.2 Å². The minimum absolute atomic E-state index is 0.0792. The van der Waals surface area contributed by atoms with E-state index in [-0.39, 0.29) is 6.04 Å². The Balaban J connectivity index is 1.75. The van der Waals surface area contributed by atoms with Gasteiger partial charge in [0.25, 0.3) is 0 Å². The summed E-state index contributed by atoms with van der Waals surface area (Å²) in [5.74, 6) is 0.318. The average Bonchev–Trinajstić information content (AvgIpc) is 3.09. The zero-order chi connectivity index (χ0) is 11.7. The van der Waals surface area contributed by atoms with E-state index in [1.807, 2.05) is 0 Å². The standard InChI is InChI=1S/C13H18N2OS/c16-13(10-4-1-7-14-10)15-8-2-5-11(15)12-6-3-9-17-12/h3,6,9-11,14H,1-2,4-5,7-8H2. The molecule has 17 heavy (non-hydrogen) atoms. The fourth-order valence-electron chi connectivity index (χ4n) is 2.90. The predicted octanol–water partition coefficient (Wildman–Crippen LogP) is 2.16. The molecule has 2 atom stereocenters. The number of hydrogen-bond donors (Lipinski definition) is 1. The van der Waals surface area contributed by atoms with E-state index in [0.29, 0.717) is 11.9 Å². The molecule has 0 saturated carbocycles. The Labute approximate surface area is 106 Å². The van der Waals surface area contributed by atoms with Crippen LogP contribution in [0.4, 0.5) is 0 Å². The molecule has 0 radical (unpaired) electrons. The van der Waals surface area contributed by atoms with Crippen LogP contribution in [0.5, 0.6) is 0 Å². The number of thiophene rings is 1. The first-order valence-corrected chi connectivity index (χ1v) is 7.31. The summed E-state index contributed by atoms with van der Waals surface area (Å²) in [5, 5.41) is 5.41. The summed E-state index contributed by atoms with van der Waals surface area (Å²) >= 11 is 1.77. The van der Waals surface area contributed by atoms with Gasteiger partial charge in [0.2, 0.25) is 5.91 Å². The van der Waals surface area contributed by atoms with Crippen molar-refractivity contribution in [2.45, 2.75) is 37.8 Å². The van der Waals surface area contributed by atoms with Crippen LogP contribution in [-0.4, -0.2) is 29.9 Å². The van der Waals surface area contributed by atoms with Gasteiger partial charge >= 0.3 is 0 Å². The van der Waals surface area contributed by atoms with Gasteiger partial charge in [0.05, 0.1) is 12.1 Å². The summed E-state index contributed by atoms with van der Waals surface area (Å²) < 4.78 is 0. The van der Waals surface area contributed by atoms with Crippen molar-refractivity contribution in [1.82, 2.24) is 10.2 Å². The third-order valence-corrected chi connectivity index (χ3v) is 4.74. The molecule has 2 aliphatic rings. The average molecular weight is 250 g/mol. The third-order valence-electron chi connectivity index (χ3n) is 3.77. The smallest absolute Gasteiger partial charge is 0.240 e. The summed E-state index contributed by atoms with van der Waals surface area (Å²) in [6.07, 6.45) is 4.40. The van der Waals surface area contributed by atoms with Gasteiger partial charge in [0.1, 0.15) is 0 Å². The second kappa shape index (κ2) is 4.78. The van der Waals surface area contributed by atoms with Crippen LogP contribution in [0.25, 0.3) is 0 Å². The number of carbonyl (C=O) groups excluding carboxylic acids is 1. The molecule has 2 saturated heterocycles. The number of nitrogens with one attached hydrogen (secondary N) is 1. The highest BCUT2D eigenvalue weighted by molar-refractivity contribution is 7.10. The zero-order valence-corrected chi connectivity index (χ0v) is 10.7. The summed E-state index contributed by atoms with van der Waals surface area (Å²) in [6, 6.07) is 4.65. The van der Waals surface area contributed by atoms with E-state index in [1.54, 1.807) is 11.3 Å². The minimum atomic E-state index is 0.0792. The molecule has 2 aliphatic heterocycles. The first kappa shape index (κ1) is 11.2. The number of carbonyl (C=O) groups is 1. The van der Waals surface area contributed by atoms with Gasteiger partial charge in [-0.2, -0.15) is 0 Å². The lowest BCUT2D eigenvalue weighted by Crippen LogP contribution is -2.43. The van der Waals surface area contributed by atoms with Gasteiger partial charge in [0.15, 0.2) is 0 Å². The van der Waals surface area contributed by atoms with Crippen LogP contribution in [0.1, 0.15) is 36.6 Å². The molecule has 0 aromatic carbocycles. The van der Waals surface area contributed by atoms with Crippen LogP contribution < -0.4 is 5.32 Å². The van der Waals surface area contributed by atoms with Gasteiger partial charge in [-0.3, -0.25) is 4.79 Å². The number of rotatable bonds is 2. The molecule has 1 amide bonds. The molecule has 0 aliphatic carbocycles. The Morgan fingerprint density at radius 3 is 3.06 bits per heavy atom. The van der Waals surface area contributed by atoms with Crippen LogP contribution in [0.3, 0.4) is 0 Å². The van der Waals surface area contributed by atoms with Crippen molar-refractivity contribution in [3.05, 3.63) is 22.4 Å². The number of likely N-dealkylation sites (tertiary alicyclic amines) is 1. The molecule has 2 fully saturated rings. The molecule has 4 heteroatoms. The highest BCUT2D eigenvalue weighted by atomic mass is 32.1. The van der Waals surface area contributed by atoms with Crippen molar-refractivity contribution in [1.29, 1.82) is 0 Å². The van der Waals surface area contributed by atoms with Crippen LogP contribution >= 0.6 is 11.3 Å². The SMILES string of the molecule is O=C(C1CCCN1)N1CCCC1c1cccs1. The first-order chi connectivity index (χ1) is 8.36. The van der Waals surface area contributed by atoms with Crippen LogP contribution in [0, 0.1) is 0 Å². The lowest BCUT2D eigenvalue weighted by Gasteiger charge is -2.26. The lowest BCUT2D eigenvalue weighted by atomic mass is 10.1. The van der Waals surface area contributed by atoms with Crippen LogP contribution in [-0.2, 0) is 4.79 Å². The molecule has 2 unspecified atom stereocenters. The maximum absolute atomic E-state index is 12.4. The number of nitrogens with zero attached hydrogens (tertiary/aromatic N) is 1. The maximum Gasteiger partial charge on any atom is 0.240 e. The second-order valence-corrected chi connectivity index (χ2v) is 5.83. The molecule has 3 rings (SSSR count). The highest BCUT2D eigenvalue weighted by Crippen LogP contribution is 2.35. The fourth-order valence-corrected chi connectivity index (χ4v) is 3.78. The van der Waals surface area contributed by atoms with E-state index >= 15 is 0 Å². The largest absolute Gasteiger partial charge is 0.333 e. The Hall–Kier alpha value is -0.870. The fraction of sp³-hybridized carbons (Fsp3) is 0.615. The molecule has 3 nitrogen and oxygen atoms in total. The van der Waals surface area contributed by atoms with E-state index in [9.17, 15) is 4.79 Å². The van der Waals surface area contributed by atoms with E-state index in [4.69, 9.17) is 0 Å². The predicted molar refractivity (Wildman–Crippen MR) is 69.0 cm³/mol. The van der Waals surface area contributed by atoms with Crippen molar-refractivity contribution in [3.63, 3.8) is 0 Å². The Morgan fingerprint density at radius 1 is 1.41 bits per heavy atom. The van der Waals surface area contributed by atoms with E-state index in [0.717, 1.165) is 38.8 Å². The Kier molecular flexibility index (Phi) is 3.16. The lowest BCUT2D eigenvalue weighted by molar-refractivity contribution is -0.133. The summed E-state index contributed by atoms with van der Waals surface area (Å²) in [6.45, 7) is 1.92. The van der Waals surface area contributed by atoms with E-state index in [1.165, 1.54) is 4.88 Å². The molecular formula is C13H18N2OS. The van der Waals surface area contributed by atoms with Crippen molar-refractivity contribution in [2.24, 2.45) is 0 Å². The second-order valence-electron chi connectivity index (χ2n) is 4.85. The van der Waals surface area contributed by atoms with Gasteiger partial charge in [-0.15, -0.1) is 11.3 Å². The topological polar surface area (TPSA) is 32.3 Å². The third kappa shape index (κ3) is 2.11. The maximum atomic E-state index is 12.4. The summed E-state index contributed by atoms with van der Waals surface area (Å²) in [4.78, 5) is 15.9. The molecule has 0 bridgehead atoms. The number of amides is 1. The van der Waals surface area contributed by atoms with Crippen molar-refractivity contribution < 1.29 is 4.79 Å². The zero-order valence-electron chi connectivity index (χ0n) is 9.89. The normalized spacial score (nSPS) is 28.8. The van der Waals surface area contributed by atoms with Gasteiger partial charge in [-0.25, -0.2) is 0 Å². The van der Waals surface area contributed by atoms with E-state index in [2.05, 4.69) is 27.7 Å². The Bertz CT molecular complexity index is 384. The summed E-state index contributed by atoms with van der Waals surface area (Å²) in [7, 11) is 0. The highest BCUT2D eigenvalue weighted by Gasteiger charge is 2.35. The van der Waals surface area contributed by atoms with Gasteiger partial charge in [0, 0.05) is 11.4 Å². The molecule has 92 valence electrons. The summed E-state index contributed by atoms with van der Waals surface area (Å²) in [5.41, 5.74) is 0.